The van der Waals surface area contributed by atoms with Crippen molar-refractivity contribution in [1.29, 1.82) is 0 Å². The van der Waals surface area contributed by atoms with Gasteiger partial charge in [-0.3, -0.25) is 18.7 Å². The summed E-state index contributed by atoms with van der Waals surface area (Å²) in [5, 5.41) is 2.85. The standard InChI is InChI=1S/C26H35N3O5S/c1-18(2)15-27-26(32)20(4)28(16-22-10-7-9-19(3)13-22)25(31)17-29(35(6,33)34)24-12-8-11-23(14-24)21(5)30/h7-14,18,20H,15-17H2,1-6H3,(H,27,32). The topological polar surface area (TPSA) is 104 Å². The molecule has 0 aliphatic carbocycles. The number of amides is 2. The molecule has 0 saturated carbocycles. The number of hydrogen-bond donors (Lipinski definition) is 1. The van der Waals surface area contributed by atoms with Crippen LogP contribution in [0.5, 0.6) is 0 Å². The van der Waals surface area contributed by atoms with Gasteiger partial charge in [0.2, 0.25) is 21.8 Å². The summed E-state index contributed by atoms with van der Waals surface area (Å²) in [6.45, 7) is 8.99. The second-order valence-electron chi connectivity index (χ2n) is 9.20. The maximum atomic E-state index is 13.5. The Kier molecular flexibility index (Phi) is 9.59. The molecule has 0 aliphatic heterocycles. The lowest BCUT2D eigenvalue weighted by Gasteiger charge is -2.31. The van der Waals surface area contributed by atoms with E-state index >= 15 is 0 Å². The van der Waals surface area contributed by atoms with Crippen LogP contribution in [0.2, 0.25) is 0 Å². The van der Waals surface area contributed by atoms with Crippen LogP contribution >= 0.6 is 0 Å². The highest BCUT2D eigenvalue weighted by Gasteiger charge is 2.30. The highest BCUT2D eigenvalue weighted by Crippen LogP contribution is 2.21. The van der Waals surface area contributed by atoms with E-state index in [-0.39, 0.29) is 29.8 Å². The van der Waals surface area contributed by atoms with Crippen LogP contribution in [0, 0.1) is 12.8 Å². The van der Waals surface area contributed by atoms with Crippen molar-refractivity contribution in [3.8, 4) is 0 Å². The summed E-state index contributed by atoms with van der Waals surface area (Å²) in [6.07, 6.45) is 1.00. The molecule has 2 aromatic carbocycles. The zero-order valence-corrected chi connectivity index (χ0v) is 22.1. The van der Waals surface area contributed by atoms with Gasteiger partial charge in [0.05, 0.1) is 11.9 Å². The first-order valence-electron chi connectivity index (χ1n) is 11.5. The van der Waals surface area contributed by atoms with Crippen molar-refractivity contribution in [3.05, 3.63) is 65.2 Å². The Morgan fingerprint density at radius 3 is 2.23 bits per heavy atom. The number of hydrogen-bond acceptors (Lipinski definition) is 5. The summed E-state index contributed by atoms with van der Waals surface area (Å²) in [5.41, 5.74) is 2.37. The van der Waals surface area contributed by atoms with Crippen molar-refractivity contribution in [3.63, 3.8) is 0 Å². The Morgan fingerprint density at radius 1 is 1.00 bits per heavy atom. The normalized spacial score (nSPS) is 12.2. The van der Waals surface area contributed by atoms with Crippen molar-refractivity contribution >= 4 is 33.3 Å². The van der Waals surface area contributed by atoms with Gasteiger partial charge in [0, 0.05) is 18.7 Å². The summed E-state index contributed by atoms with van der Waals surface area (Å²) < 4.78 is 26.3. The molecule has 2 aromatic rings. The van der Waals surface area contributed by atoms with E-state index in [2.05, 4.69) is 5.32 Å². The van der Waals surface area contributed by atoms with Gasteiger partial charge in [0.1, 0.15) is 12.6 Å². The fourth-order valence-electron chi connectivity index (χ4n) is 3.54. The monoisotopic (exact) mass is 501 g/mol. The van der Waals surface area contributed by atoms with E-state index in [1.807, 2.05) is 45.0 Å². The Morgan fingerprint density at radius 2 is 1.66 bits per heavy atom. The van der Waals surface area contributed by atoms with E-state index in [0.717, 1.165) is 21.7 Å². The number of sulfonamides is 1. The quantitative estimate of drug-likeness (QED) is 0.477. The van der Waals surface area contributed by atoms with Gasteiger partial charge in [-0.15, -0.1) is 0 Å². The molecule has 1 N–H and O–H groups in total. The molecular weight excluding hydrogens is 466 g/mol. The fraction of sp³-hybridized carbons (Fsp3) is 0.423. The van der Waals surface area contributed by atoms with E-state index in [1.54, 1.807) is 19.1 Å². The van der Waals surface area contributed by atoms with Crippen molar-refractivity contribution < 1.29 is 22.8 Å². The third-order valence-electron chi connectivity index (χ3n) is 5.51. The van der Waals surface area contributed by atoms with Gasteiger partial charge >= 0.3 is 0 Å². The van der Waals surface area contributed by atoms with Crippen LogP contribution in [0.4, 0.5) is 5.69 Å². The average molecular weight is 502 g/mol. The lowest BCUT2D eigenvalue weighted by Crippen LogP contribution is -2.51. The van der Waals surface area contributed by atoms with Crippen molar-refractivity contribution in [2.45, 2.75) is 47.2 Å². The van der Waals surface area contributed by atoms with Gasteiger partial charge in [-0.2, -0.15) is 0 Å². The number of nitrogens with one attached hydrogen (secondary N) is 1. The Bertz CT molecular complexity index is 1180. The first-order valence-corrected chi connectivity index (χ1v) is 13.4. The van der Waals surface area contributed by atoms with E-state index in [4.69, 9.17) is 0 Å². The molecule has 0 aromatic heterocycles. The number of carbonyl (C=O) groups is 3. The number of rotatable bonds is 11. The molecular formula is C26H35N3O5S. The van der Waals surface area contributed by atoms with Crippen molar-refractivity contribution in [2.24, 2.45) is 5.92 Å². The van der Waals surface area contributed by atoms with Gasteiger partial charge in [0.25, 0.3) is 0 Å². The number of carbonyl (C=O) groups excluding carboxylic acids is 3. The van der Waals surface area contributed by atoms with E-state index < -0.39 is 28.5 Å². The maximum Gasteiger partial charge on any atom is 0.244 e. The second kappa shape index (κ2) is 12.0. The molecule has 0 fully saturated rings. The molecule has 0 aliphatic rings. The van der Waals surface area contributed by atoms with Crippen LogP contribution in [-0.4, -0.2) is 56.3 Å². The summed E-state index contributed by atoms with van der Waals surface area (Å²) in [4.78, 5) is 39.6. The van der Waals surface area contributed by atoms with E-state index in [0.29, 0.717) is 12.1 Å². The number of aryl methyl sites for hydroxylation is 1. The molecule has 0 bridgehead atoms. The zero-order valence-electron chi connectivity index (χ0n) is 21.2. The first-order chi connectivity index (χ1) is 16.3. The second-order valence-corrected chi connectivity index (χ2v) is 11.1. The number of benzene rings is 2. The fourth-order valence-corrected chi connectivity index (χ4v) is 4.38. The summed E-state index contributed by atoms with van der Waals surface area (Å²) in [5.74, 6) is -0.828. The molecule has 8 nitrogen and oxygen atoms in total. The highest BCUT2D eigenvalue weighted by molar-refractivity contribution is 7.92. The lowest BCUT2D eigenvalue weighted by atomic mass is 10.1. The highest BCUT2D eigenvalue weighted by atomic mass is 32.2. The predicted octanol–water partition coefficient (Wildman–Crippen LogP) is 3.15. The Labute approximate surface area is 208 Å². The molecule has 0 heterocycles. The molecule has 0 saturated heterocycles. The largest absolute Gasteiger partial charge is 0.354 e. The van der Waals surface area contributed by atoms with Crippen molar-refractivity contribution in [1.82, 2.24) is 10.2 Å². The Hall–Kier alpha value is -3.20. The predicted molar refractivity (Wildman–Crippen MR) is 138 cm³/mol. The van der Waals surface area contributed by atoms with Gasteiger partial charge in [-0.25, -0.2) is 8.42 Å². The van der Waals surface area contributed by atoms with Gasteiger partial charge in [-0.05, 0) is 44.4 Å². The van der Waals surface area contributed by atoms with Crippen LogP contribution in [-0.2, 0) is 26.2 Å². The van der Waals surface area contributed by atoms with Crippen LogP contribution in [0.25, 0.3) is 0 Å². The lowest BCUT2D eigenvalue weighted by molar-refractivity contribution is -0.139. The molecule has 190 valence electrons. The first kappa shape index (κ1) is 28.0. The van der Waals surface area contributed by atoms with E-state index in [1.165, 1.54) is 24.0 Å². The molecule has 1 atom stereocenters. The van der Waals surface area contributed by atoms with Crippen LogP contribution in [0.1, 0.15) is 49.2 Å². The molecule has 2 rings (SSSR count). The molecule has 2 amide bonds. The maximum absolute atomic E-state index is 13.5. The molecule has 0 spiro atoms. The SMILES string of the molecule is CC(=O)c1cccc(N(CC(=O)N(Cc2cccc(C)c2)C(C)C(=O)NCC(C)C)S(C)(=O)=O)c1. The van der Waals surface area contributed by atoms with Crippen LogP contribution < -0.4 is 9.62 Å². The number of anilines is 1. The third-order valence-corrected chi connectivity index (χ3v) is 6.65. The molecule has 0 radical (unpaired) electrons. The molecule has 35 heavy (non-hydrogen) atoms. The molecule has 1 unspecified atom stereocenters. The van der Waals surface area contributed by atoms with Crippen LogP contribution in [0.15, 0.2) is 48.5 Å². The number of nitrogens with zero attached hydrogens (tertiary/aromatic N) is 2. The van der Waals surface area contributed by atoms with Gasteiger partial charge in [-0.1, -0.05) is 55.8 Å². The van der Waals surface area contributed by atoms with E-state index in [9.17, 15) is 22.8 Å². The summed E-state index contributed by atoms with van der Waals surface area (Å²) in [6, 6.07) is 12.9. The summed E-state index contributed by atoms with van der Waals surface area (Å²) in [7, 11) is -3.86. The molecule has 9 heteroatoms. The average Bonchev–Trinajstić information content (AvgIpc) is 2.78. The number of ketones is 1. The smallest absolute Gasteiger partial charge is 0.244 e. The summed E-state index contributed by atoms with van der Waals surface area (Å²) >= 11 is 0. The van der Waals surface area contributed by atoms with Gasteiger partial charge < -0.3 is 10.2 Å². The minimum absolute atomic E-state index is 0.141. The minimum Gasteiger partial charge on any atom is -0.354 e. The Balaban J connectivity index is 2.41. The third kappa shape index (κ3) is 8.20. The number of Topliss-reactive ketones (excluding diaryl/α,β-unsaturated/α-hetero) is 1. The van der Waals surface area contributed by atoms with Crippen molar-refractivity contribution in [2.75, 3.05) is 23.7 Å². The van der Waals surface area contributed by atoms with Crippen LogP contribution in [0.3, 0.4) is 0 Å². The zero-order chi connectivity index (χ0) is 26.3. The minimum atomic E-state index is -3.86. The van der Waals surface area contributed by atoms with Gasteiger partial charge in [0.15, 0.2) is 5.78 Å².